The summed E-state index contributed by atoms with van der Waals surface area (Å²) in [5, 5.41) is 8.44. The van der Waals surface area contributed by atoms with E-state index in [9.17, 15) is 14.4 Å². The van der Waals surface area contributed by atoms with Gasteiger partial charge in [-0.3, -0.25) is 14.9 Å². The van der Waals surface area contributed by atoms with Crippen LogP contribution in [-0.2, 0) is 4.74 Å². The molecule has 0 saturated heterocycles. The first kappa shape index (κ1) is 23.6. The smallest absolute Gasteiger partial charge is 0.337 e. The Kier molecular flexibility index (Phi) is 7.88. The summed E-state index contributed by atoms with van der Waals surface area (Å²) < 4.78 is 4.68. The van der Waals surface area contributed by atoms with Crippen molar-refractivity contribution in [2.45, 2.75) is 13.0 Å². The molecule has 0 aliphatic rings. The number of methoxy groups -OCH3 is 1. The van der Waals surface area contributed by atoms with Gasteiger partial charge in [-0.15, -0.1) is 0 Å². The summed E-state index contributed by atoms with van der Waals surface area (Å²) >= 11 is 5.26. The zero-order valence-electron chi connectivity index (χ0n) is 18.1. The number of nitrogens with one attached hydrogen (secondary N) is 3. The van der Waals surface area contributed by atoms with Gasteiger partial charge in [-0.2, -0.15) is 0 Å². The molecule has 3 aromatic carbocycles. The average Bonchev–Trinajstić information content (AvgIpc) is 2.84. The summed E-state index contributed by atoms with van der Waals surface area (Å²) in [6.07, 6.45) is 0. The van der Waals surface area contributed by atoms with E-state index < -0.39 is 11.9 Å². The van der Waals surface area contributed by atoms with E-state index >= 15 is 0 Å². The molecule has 3 rings (SSSR count). The molecule has 3 N–H and O–H groups in total. The lowest BCUT2D eigenvalue weighted by molar-refractivity contribution is 0.0600. The van der Waals surface area contributed by atoms with Gasteiger partial charge < -0.3 is 15.4 Å². The second kappa shape index (κ2) is 11.0. The van der Waals surface area contributed by atoms with E-state index in [0.29, 0.717) is 11.3 Å². The third-order valence-electron chi connectivity index (χ3n) is 4.84. The fraction of sp³-hybridized carbons (Fsp3) is 0.120. The number of thiocarbonyl (C=S) groups is 1. The Balaban J connectivity index is 1.68. The van der Waals surface area contributed by atoms with Gasteiger partial charge >= 0.3 is 5.97 Å². The van der Waals surface area contributed by atoms with Crippen LogP contribution >= 0.6 is 12.2 Å². The van der Waals surface area contributed by atoms with Crippen LogP contribution in [-0.4, -0.2) is 30.0 Å². The normalized spacial score (nSPS) is 11.1. The summed E-state index contributed by atoms with van der Waals surface area (Å²) in [6, 6.07) is 22.4. The number of benzene rings is 3. The fourth-order valence-corrected chi connectivity index (χ4v) is 3.33. The van der Waals surface area contributed by atoms with E-state index in [-0.39, 0.29) is 28.2 Å². The molecule has 0 aliphatic heterocycles. The Hall–Kier alpha value is -4.04. The van der Waals surface area contributed by atoms with Crippen molar-refractivity contribution in [3.05, 3.63) is 101 Å². The highest BCUT2D eigenvalue weighted by atomic mass is 32.1. The van der Waals surface area contributed by atoms with Crippen LogP contribution in [0, 0.1) is 0 Å². The third kappa shape index (κ3) is 6.24. The standard InChI is InChI=1S/C25H23N3O4S/c1-16(17-9-4-3-5-10-17)26-23(30)20-13-6-7-14-21(20)27-25(33)28-22(29)18-11-8-12-19(15-18)24(31)32-2/h3-16H,1-2H3,(H,26,30)(H2,27,28,29,33). The van der Waals surface area contributed by atoms with E-state index in [1.165, 1.54) is 13.2 Å². The Labute approximate surface area is 197 Å². The zero-order chi connectivity index (χ0) is 23.8. The fourth-order valence-electron chi connectivity index (χ4n) is 3.12. The van der Waals surface area contributed by atoms with Gasteiger partial charge in [0.1, 0.15) is 0 Å². The number of para-hydroxylation sites is 1. The summed E-state index contributed by atoms with van der Waals surface area (Å²) in [5.41, 5.74) is 2.30. The molecule has 0 aromatic heterocycles. The van der Waals surface area contributed by atoms with Gasteiger partial charge in [-0.05, 0) is 55.0 Å². The van der Waals surface area contributed by atoms with Gasteiger partial charge in [0, 0.05) is 5.56 Å². The van der Waals surface area contributed by atoms with E-state index in [1.807, 2.05) is 37.3 Å². The van der Waals surface area contributed by atoms with Gasteiger partial charge in [-0.25, -0.2) is 4.79 Å². The van der Waals surface area contributed by atoms with Gasteiger partial charge in [0.25, 0.3) is 11.8 Å². The van der Waals surface area contributed by atoms with Crippen LogP contribution in [0.1, 0.15) is 49.6 Å². The first-order valence-corrected chi connectivity index (χ1v) is 10.6. The molecule has 0 radical (unpaired) electrons. The minimum absolute atomic E-state index is 0.0137. The molecule has 1 unspecified atom stereocenters. The molecule has 0 fully saturated rings. The number of esters is 1. The van der Waals surface area contributed by atoms with Crippen molar-refractivity contribution in [2.75, 3.05) is 12.4 Å². The Morgan fingerprint density at radius 1 is 0.848 bits per heavy atom. The van der Waals surface area contributed by atoms with Crippen molar-refractivity contribution < 1.29 is 19.1 Å². The maximum atomic E-state index is 12.9. The number of ether oxygens (including phenoxy) is 1. The quantitative estimate of drug-likeness (QED) is 0.378. The molecule has 0 spiro atoms. The molecule has 0 saturated carbocycles. The molecule has 8 heteroatoms. The van der Waals surface area contributed by atoms with Crippen LogP contribution in [0.3, 0.4) is 0 Å². The van der Waals surface area contributed by atoms with Gasteiger partial charge in [0.15, 0.2) is 5.11 Å². The maximum Gasteiger partial charge on any atom is 0.337 e. The molecule has 33 heavy (non-hydrogen) atoms. The SMILES string of the molecule is COC(=O)c1cccc(C(=O)NC(=S)Nc2ccccc2C(=O)NC(C)c2ccccc2)c1. The lowest BCUT2D eigenvalue weighted by Crippen LogP contribution is -2.35. The third-order valence-corrected chi connectivity index (χ3v) is 5.04. The molecule has 3 aromatic rings. The van der Waals surface area contributed by atoms with E-state index in [2.05, 4.69) is 20.7 Å². The molecule has 0 aliphatic carbocycles. The van der Waals surface area contributed by atoms with Crippen molar-refractivity contribution in [3.8, 4) is 0 Å². The highest BCUT2D eigenvalue weighted by Crippen LogP contribution is 2.18. The number of carbonyl (C=O) groups excluding carboxylic acids is 3. The summed E-state index contributed by atoms with van der Waals surface area (Å²) in [7, 11) is 1.27. The average molecular weight is 462 g/mol. The molecule has 1 atom stereocenters. The van der Waals surface area contributed by atoms with Gasteiger partial charge in [0.05, 0.1) is 30.0 Å². The van der Waals surface area contributed by atoms with E-state index in [4.69, 9.17) is 12.2 Å². The minimum Gasteiger partial charge on any atom is -0.465 e. The predicted molar refractivity (Wildman–Crippen MR) is 130 cm³/mol. The largest absolute Gasteiger partial charge is 0.465 e. The van der Waals surface area contributed by atoms with Gasteiger partial charge in [0.2, 0.25) is 0 Å². The maximum absolute atomic E-state index is 12.9. The Morgan fingerprint density at radius 2 is 1.52 bits per heavy atom. The first-order valence-electron chi connectivity index (χ1n) is 10.1. The van der Waals surface area contributed by atoms with Crippen LogP contribution in [0.2, 0.25) is 0 Å². The molecule has 7 nitrogen and oxygen atoms in total. The summed E-state index contributed by atoms with van der Waals surface area (Å²) in [5.74, 6) is -1.33. The topological polar surface area (TPSA) is 96.5 Å². The molecule has 2 amide bonds. The molecule has 0 heterocycles. The molecular formula is C25H23N3O4S. The van der Waals surface area contributed by atoms with Gasteiger partial charge in [-0.1, -0.05) is 48.5 Å². The highest BCUT2D eigenvalue weighted by Gasteiger charge is 2.17. The van der Waals surface area contributed by atoms with Crippen LogP contribution in [0.4, 0.5) is 5.69 Å². The van der Waals surface area contributed by atoms with Crippen LogP contribution in [0.25, 0.3) is 0 Å². The summed E-state index contributed by atoms with van der Waals surface area (Å²) in [6.45, 7) is 1.90. The molecular weight excluding hydrogens is 438 g/mol. The minimum atomic E-state index is -0.546. The number of hydrogen-bond acceptors (Lipinski definition) is 5. The highest BCUT2D eigenvalue weighted by molar-refractivity contribution is 7.80. The lowest BCUT2D eigenvalue weighted by atomic mass is 10.1. The Bertz CT molecular complexity index is 1180. The first-order chi connectivity index (χ1) is 15.9. The van der Waals surface area contributed by atoms with Crippen molar-refractivity contribution in [2.24, 2.45) is 0 Å². The van der Waals surface area contributed by atoms with Crippen molar-refractivity contribution in [1.29, 1.82) is 0 Å². The van der Waals surface area contributed by atoms with E-state index in [1.54, 1.807) is 42.5 Å². The predicted octanol–water partition coefficient (Wildman–Crippen LogP) is 4.09. The molecule has 168 valence electrons. The van der Waals surface area contributed by atoms with Crippen molar-refractivity contribution in [1.82, 2.24) is 10.6 Å². The number of amides is 2. The number of rotatable bonds is 6. The van der Waals surface area contributed by atoms with Crippen LogP contribution in [0.5, 0.6) is 0 Å². The van der Waals surface area contributed by atoms with E-state index in [0.717, 1.165) is 5.56 Å². The number of hydrogen-bond donors (Lipinski definition) is 3. The van der Waals surface area contributed by atoms with Crippen molar-refractivity contribution in [3.63, 3.8) is 0 Å². The van der Waals surface area contributed by atoms with Crippen LogP contribution in [0.15, 0.2) is 78.9 Å². The second-order valence-electron chi connectivity index (χ2n) is 7.13. The lowest BCUT2D eigenvalue weighted by Gasteiger charge is -2.17. The zero-order valence-corrected chi connectivity index (χ0v) is 18.9. The Morgan fingerprint density at radius 3 is 2.24 bits per heavy atom. The molecule has 0 bridgehead atoms. The van der Waals surface area contributed by atoms with Crippen LogP contribution < -0.4 is 16.0 Å². The van der Waals surface area contributed by atoms with Crippen molar-refractivity contribution >= 4 is 40.8 Å². The number of anilines is 1. The second-order valence-corrected chi connectivity index (χ2v) is 7.54. The summed E-state index contributed by atoms with van der Waals surface area (Å²) in [4.78, 5) is 37.1. The monoisotopic (exact) mass is 461 g/mol. The number of carbonyl (C=O) groups is 3.